The molecule has 0 radical (unpaired) electrons. The van der Waals surface area contributed by atoms with Crippen LogP contribution < -0.4 is 14.7 Å². The lowest BCUT2D eigenvalue weighted by molar-refractivity contribution is 0.859. The smallest absolute Gasteiger partial charge is 0.0452 e. The fourth-order valence-electron chi connectivity index (χ4n) is 5.05. The van der Waals surface area contributed by atoms with Crippen molar-refractivity contribution >= 4 is 17.1 Å². The van der Waals surface area contributed by atoms with E-state index in [4.69, 9.17) is 0 Å². The molecule has 0 saturated carbocycles. The lowest BCUT2D eigenvalue weighted by Crippen LogP contribution is -2.22. The van der Waals surface area contributed by atoms with E-state index in [-0.39, 0.29) is 0 Å². The van der Waals surface area contributed by atoms with Gasteiger partial charge in [0.25, 0.3) is 0 Å². The molecule has 3 aromatic rings. The van der Waals surface area contributed by atoms with E-state index in [2.05, 4.69) is 130 Å². The monoisotopic (exact) mass is 472 g/mol. The van der Waals surface area contributed by atoms with Crippen LogP contribution in [0.25, 0.3) is 0 Å². The molecule has 0 fully saturated rings. The van der Waals surface area contributed by atoms with E-state index in [1.165, 1.54) is 17.1 Å². The quantitative estimate of drug-likeness (QED) is 0.250. The van der Waals surface area contributed by atoms with E-state index in [1.807, 2.05) is 0 Å². The molecule has 0 aromatic heterocycles. The Morgan fingerprint density at radius 1 is 0.543 bits per heavy atom. The third-order valence-corrected chi connectivity index (χ3v) is 7.18. The molecule has 0 N–H and O–H groups in total. The van der Waals surface area contributed by atoms with Crippen LogP contribution in [0, 0.1) is 6.92 Å². The average Bonchev–Trinajstić information content (AvgIpc) is 2.91. The summed E-state index contributed by atoms with van der Waals surface area (Å²) in [6, 6.07) is 23.9. The summed E-state index contributed by atoms with van der Waals surface area (Å²) in [5, 5.41) is 0. The standard InChI is InChI=1S/C32H45N3/c1-8-33(9-2)28-18-14-26(15-19-28)32(27-16-20-29(21-17-27)34(10-3)11-4)31-23-22-30(24-25(31)7)35(12-5)13-6/h14-24,32H,8-13H2,1-7H3/i32D. The molecule has 0 unspecified atom stereocenters. The Balaban J connectivity index is 2.16. The summed E-state index contributed by atoms with van der Waals surface area (Å²) in [5.41, 5.74) is 7.80. The van der Waals surface area contributed by atoms with Crippen molar-refractivity contribution in [2.75, 3.05) is 54.0 Å². The summed E-state index contributed by atoms with van der Waals surface area (Å²) in [4.78, 5) is 7.05. The first-order valence-electron chi connectivity index (χ1n) is 13.9. The van der Waals surface area contributed by atoms with Gasteiger partial charge in [0.15, 0.2) is 0 Å². The highest BCUT2D eigenvalue weighted by Gasteiger charge is 2.20. The summed E-state index contributed by atoms with van der Waals surface area (Å²) < 4.78 is 10.0. The summed E-state index contributed by atoms with van der Waals surface area (Å²) in [6.45, 7) is 21.1. The topological polar surface area (TPSA) is 9.72 Å². The van der Waals surface area contributed by atoms with Crippen LogP contribution in [0.2, 0.25) is 0 Å². The average molecular weight is 473 g/mol. The maximum absolute atomic E-state index is 10.0. The molecule has 3 aromatic carbocycles. The van der Waals surface area contributed by atoms with Crippen LogP contribution in [0.4, 0.5) is 17.1 Å². The second kappa shape index (κ2) is 12.7. The van der Waals surface area contributed by atoms with Crippen molar-refractivity contribution in [2.24, 2.45) is 0 Å². The number of aryl methyl sites for hydroxylation is 1. The van der Waals surface area contributed by atoms with Crippen LogP contribution in [-0.4, -0.2) is 39.3 Å². The highest BCUT2D eigenvalue weighted by Crippen LogP contribution is 2.37. The van der Waals surface area contributed by atoms with E-state index >= 15 is 0 Å². The number of nitrogens with zero attached hydrogens (tertiary/aromatic N) is 3. The molecule has 35 heavy (non-hydrogen) atoms. The molecule has 0 atom stereocenters. The van der Waals surface area contributed by atoms with Crippen LogP contribution in [0.3, 0.4) is 0 Å². The van der Waals surface area contributed by atoms with E-state index in [9.17, 15) is 1.37 Å². The number of rotatable bonds is 12. The summed E-state index contributed by atoms with van der Waals surface area (Å²) in [6.07, 6.45) is 0. The molecular weight excluding hydrogens is 426 g/mol. The van der Waals surface area contributed by atoms with E-state index in [0.29, 0.717) is 0 Å². The van der Waals surface area contributed by atoms with Gasteiger partial charge in [0.1, 0.15) is 0 Å². The van der Waals surface area contributed by atoms with Gasteiger partial charge in [0, 0.05) is 63.6 Å². The number of benzene rings is 3. The highest BCUT2D eigenvalue weighted by molar-refractivity contribution is 5.58. The van der Waals surface area contributed by atoms with Gasteiger partial charge in [-0.25, -0.2) is 0 Å². The zero-order valence-electron chi connectivity index (χ0n) is 23.9. The van der Waals surface area contributed by atoms with Gasteiger partial charge in [0.2, 0.25) is 0 Å². The van der Waals surface area contributed by atoms with Gasteiger partial charge >= 0.3 is 0 Å². The Hall–Kier alpha value is -2.94. The molecule has 0 bridgehead atoms. The summed E-state index contributed by atoms with van der Waals surface area (Å²) >= 11 is 0. The zero-order chi connectivity index (χ0) is 26.3. The third-order valence-electron chi connectivity index (χ3n) is 7.18. The highest BCUT2D eigenvalue weighted by atomic mass is 15.1. The minimum absolute atomic E-state index is 0.973. The van der Waals surface area contributed by atoms with Crippen molar-refractivity contribution < 1.29 is 1.37 Å². The third kappa shape index (κ3) is 6.01. The lowest BCUT2D eigenvalue weighted by Gasteiger charge is -2.27. The van der Waals surface area contributed by atoms with Gasteiger partial charge in [0.05, 0.1) is 0 Å². The lowest BCUT2D eigenvalue weighted by atomic mass is 9.82. The molecule has 3 rings (SSSR count). The Labute approximate surface area is 215 Å². The first-order valence-corrected chi connectivity index (χ1v) is 13.4. The van der Waals surface area contributed by atoms with E-state index in [0.717, 1.165) is 61.5 Å². The van der Waals surface area contributed by atoms with E-state index < -0.39 is 5.89 Å². The van der Waals surface area contributed by atoms with Gasteiger partial charge in [-0.2, -0.15) is 0 Å². The van der Waals surface area contributed by atoms with Crippen LogP contribution in [-0.2, 0) is 0 Å². The number of anilines is 3. The second-order valence-electron chi connectivity index (χ2n) is 8.98. The molecule has 0 aliphatic heterocycles. The van der Waals surface area contributed by atoms with Crippen molar-refractivity contribution in [3.8, 4) is 0 Å². The zero-order valence-corrected chi connectivity index (χ0v) is 22.9. The molecule has 0 saturated heterocycles. The van der Waals surface area contributed by atoms with Gasteiger partial charge in [-0.05, 0) is 107 Å². The SMILES string of the molecule is [2H]C(c1ccc(N(CC)CC)cc1)(c1ccc(N(CC)CC)cc1)c1ccc(N(CC)CC)cc1C. The Morgan fingerprint density at radius 3 is 1.23 bits per heavy atom. The van der Waals surface area contributed by atoms with E-state index in [1.54, 1.807) is 0 Å². The number of hydrogen-bond acceptors (Lipinski definition) is 3. The molecule has 3 nitrogen and oxygen atoms in total. The van der Waals surface area contributed by atoms with Gasteiger partial charge in [-0.15, -0.1) is 0 Å². The first kappa shape index (κ1) is 25.2. The van der Waals surface area contributed by atoms with Gasteiger partial charge in [-0.3, -0.25) is 0 Å². The molecule has 0 spiro atoms. The van der Waals surface area contributed by atoms with Crippen molar-refractivity contribution in [3.05, 3.63) is 89.0 Å². The summed E-state index contributed by atoms with van der Waals surface area (Å²) in [7, 11) is 0. The minimum atomic E-state index is -1.00. The van der Waals surface area contributed by atoms with Crippen molar-refractivity contribution in [1.82, 2.24) is 0 Å². The Morgan fingerprint density at radius 2 is 0.886 bits per heavy atom. The van der Waals surface area contributed by atoms with Gasteiger partial charge < -0.3 is 14.7 Å². The molecule has 188 valence electrons. The predicted octanol–water partition coefficient (Wildman–Crippen LogP) is 7.71. The Bertz CT molecular complexity index is 1020. The molecule has 3 heteroatoms. The first-order chi connectivity index (χ1) is 17.4. The number of hydrogen-bond donors (Lipinski definition) is 0. The van der Waals surface area contributed by atoms with Crippen LogP contribution in [0.5, 0.6) is 0 Å². The van der Waals surface area contributed by atoms with Gasteiger partial charge in [-0.1, -0.05) is 30.3 Å². The van der Waals surface area contributed by atoms with Crippen molar-refractivity contribution in [3.63, 3.8) is 0 Å². The van der Waals surface area contributed by atoms with Crippen LogP contribution in [0.1, 0.15) is 71.1 Å². The molecule has 0 amide bonds. The predicted molar refractivity (Wildman–Crippen MR) is 156 cm³/mol. The van der Waals surface area contributed by atoms with Crippen molar-refractivity contribution in [2.45, 2.75) is 54.4 Å². The fourth-order valence-corrected chi connectivity index (χ4v) is 5.05. The fraction of sp³-hybridized carbons (Fsp3) is 0.438. The largest absolute Gasteiger partial charge is 0.372 e. The minimum Gasteiger partial charge on any atom is -0.372 e. The molecular formula is C32H45N3. The Kier molecular flexibility index (Phi) is 9.11. The maximum atomic E-state index is 10.0. The normalized spacial score (nSPS) is 11.8. The maximum Gasteiger partial charge on any atom is 0.0452 e. The summed E-state index contributed by atoms with van der Waals surface area (Å²) in [5.74, 6) is -1.00. The molecule has 0 heterocycles. The van der Waals surface area contributed by atoms with Crippen molar-refractivity contribution in [1.29, 1.82) is 0 Å². The second-order valence-corrected chi connectivity index (χ2v) is 8.98. The van der Waals surface area contributed by atoms with Crippen LogP contribution >= 0.6 is 0 Å². The molecule has 0 aliphatic rings. The van der Waals surface area contributed by atoms with Crippen LogP contribution in [0.15, 0.2) is 66.7 Å². The molecule has 0 aliphatic carbocycles.